The van der Waals surface area contributed by atoms with E-state index in [-0.39, 0.29) is 43.7 Å². The molecular weight excluding hydrogens is 514 g/mol. The minimum atomic E-state index is -0.904. The number of ether oxygens (including phenoxy) is 1. The smallest absolute Gasteiger partial charge is 0.262 e. The number of primary amides is 1. The number of rotatable bonds is 7. The van der Waals surface area contributed by atoms with Gasteiger partial charge in [-0.2, -0.15) is 0 Å². The Balaban J connectivity index is 1.22. The second-order valence-corrected chi connectivity index (χ2v) is 10.0. The predicted octanol–water partition coefficient (Wildman–Crippen LogP) is 1.59. The number of likely N-dealkylation sites (tertiary alicyclic amines) is 1. The minimum Gasteiger partial charge on any atom is -0.484 e. The molecule has 12 heteroatoms. The van der Waals surface area contributed by atoms with Gasteiger partial charge in [0.05, 0.1) is 12.3 Å². The summed E-state index contributed by atoms with van der Waals surface area (Å²) in [6.07, 6.45) is 1.17. The number of carbonyl (C=O) groups excluding carboxylic acids is 4. The lowest BCUT2D eigenvalue weighted by molar-refractivity contribution is -0.139. The molecule has 0 saturated carbocycles. The highest BCUT2D eigenvalue weighted by Crippen LogP contribution is 2.39. The first kappa shape index (κ1) is 25.5. The zero-order valence-corrected chi connectivity index (χ0v) is 21.1. The highest BCUT2D eigenvalue weighted by atomic mass is 35.5. The Morgan fingerprint density at radius 2 is 2.03 bits per heavy atom. The first-order chi connectivity index (χ1) is 18.2. The minimum absolute atomic E-state index is 0.122. The average Bonchev–Trinajstić information content (AvgIpc) is 3.62. The molecule has 11 nitrogen and oxygen atoms in total. The molecule has 0 bridgehead atoms. The van der Waals surface area contributed by atoms with Crippen LogP contribution in [-0.4, -0.2) is 65.1 Å². The zero-order chi connectivity index (χ0) is 26.9. The number of halogens is 1. The van der Waals surface area contributed by atoms with Gasteiger partial charge in [-0.1, -0.05) is 28.9 Å². The van der Waals surface area contributed by atoms with Gasteiger partial charge in [0, 0.05) is 35.5 Å². The van der Waals surface area contributed by atoms with Crippen LogP contribution in [0, 0.1) is 0 Å². The quantitative estimate of drug-likeness (QED) is 0.486. The molecule has 2 aromatic rings. The van der Waals surface area contributed by atoms with Crippen molar-refractivity contribution >= 4 is 46.6 Å². The van der Waals surface area contributed by atoms with Gasteiger partial charge in [-0.25, -0.2) is 0 Å². The van der Waals surface area contributed by atoms with Crippen molar-refractivity contribution in [2.45, 2.75) is 43.4 Å². The highest BCUT2D eigenvalue weighted by Gasteiger charge is 2.54. The van der Waals surface area contributed by atoms with E-state index >= 15 is 0 Å². The molecule has 1 unspecified atom stereocenters. The van der Waals surface area contributed by atoms with Crippen LogP contribution in [0.2, 0.25) is 5.02 Å². The standard InChI is InChI=1S/C26H26ClN5O6/c27-16-4-6-18(7-5-16)37-13-23(34)29-17-3-1-2-15(10-17)20-11-26(38-31-20)12-21(24(28)35)32(14-26)25(36)19-8-9-22(33)30-19/h1-7,10,19,21H,8-9,11-14H2,(H2,28,35)(H,29,34)(H,30,33)/t19-,21-,26?/m1/s1. The molecule has 0 aromatic heterocycles. The number of amides is 4. The second kappa shape index (κ2) is 10.3. The van der Waals surface area contributed by atoms with Crippen LogP contribution in [0.1, 0.15) is 31.2 Å². The number of hydrogen-bond donors (Lipinski definition) is 3. The fourth-order valence-electron chi connectivity index (χ4n) is 4.96. The lowest BCUT2D eigenvalue weighted by Crippen LogP contribution is -2.50. The molecule has 3 heterocycles. The van der Waals surface area contributed by atoms with Crippen molar-refractivity contribution < 1.29 is 28.8 Å². The van der Waals surface area contributed by atoms with Crippen molar-refractivity contribution in [3.8, 4) is 5.75 Å². The van der Waals surface area contributed by atoms with Gasteiger partial charge >= 0.3 is 0 Å². The van der Waals surface area contributed by atoms with Gasteiger partial charge in [-0.15, -0.1) is 0 Å². The van der Waals surface area contributed by atoms with E-state index in [9.17, 15) is 19.2 Å². The molecule has 3 aliphatic heterocycles. The first-order valence-corrected chi connectivity index (χ1v) is 12.5. The van der Waals surface area contributed by atoms with Crippen molar-refractivity contribution in [1.29, 1.82) is 0 Å². The predicted molar refractivity (Wildman–Crippen MR) is 137 cm³/mol. The summed E-state index contributed by atoms with van der Waals surface area (Å²) >= 11 is 5.86. The molecule has 2 saturated heterocycles. The molecule has 1 spiro atoms. The van der Waals surface area contributed by atoms with Crippen molar-refractivity contribution in [3.05, 3.63) is 59.1 Å². The third kappa shape index (κ3) is 5.42. The zero-order valence-electron chi connectivity index (χ0n) is 20.3. The van der Waals surface area contributed by atoms with Gasteiger partial charge in [-0.3, -0.25) is 19.2 Å². The summed E-state index contributed by atoms with van der Waals surface area (Å²) in [6, 6.07) is 12.3. The van der Waals surface area contributed by atoms with Gasteiger partial charge in [0.15, 0.2) is 12.2 Å². The van der Waals surface area contributed by atoms with E-state index in [1.165, 1.54) is 4.90 Å². The molecule has 0 radical (unpaired) electrons. The number of anilines is 1. The van der Waals surface area contributed by atoms with Gasteiger partial charge < -0.3 is 30.8 Å². The number of nitrogens with zero attached hydrogens (tertiary/aromatic N) is 2. The maximum atomic E-state index is 13.1. The molecule has 0 aliphatic carbocycles. The normalized spacial score (nSPS) is 24.1. The summed E-state index contributed by atoms with van der Waals surface area (Å²) in [5.41, 5.74) is 6.60. The van der Waals surface area contributed by atoms with Crippen LogP contribution in [0.25, 0.3) is 0 Å². The summed E-state index contributed by atoms with van der Waals surface area (Å²) in [5, 5.41) is 10.3. The van der Waals surface area contributed by atoms with Gasteiger partial charge in [0.2, 0.25) is 17.7 Å². The largest absolute Gasteiger partial charge is 0.484 e. The van der Waals surface area contributed by atoms with Crippen molar-refractivity contribution in [2.24, 2.45) is 10.9 Å². The lowest BCUT2D eigenvalue weighted by Gasteiger charge is -2.25. The van der Waals surface area contributed by atoms with Crippen LogP contribution >= 0.6 is 11.6 Å². The van der Waals surface area contributed by atoms with E-state index in [0.29, 0.717) is 35.0 Å². The molecule has 3 aliphatic rings. The maximum absolute atomic E-state index is 13.1. The van der Waals surface area contributed by atoms with Crippen LogP contribution in [0.4, 0.5) is 5.69 Å². The van der Waals surface area contributed by atoms with Gasteiger partial charge in [-0.05, 0) is 42.8 Å². The summed E-state index contributed by atoms with van der Waals surface area (Å²) in [7, 11) is 0. The summed E-state index contributed by atoms with van der Waals surface area (Å²) < 4.78 is 5.48. The molecule has 4 N–H and O–H groups in total. The molecule has 3 atom stereocenters. The SMILES string of the molecule is NC(=O)[C@H]1CC2(CC(c3cccc(NC(=O)COc4ccc(Cl)cc4)c3)=NO2)CN1C(=O)[C@H]1CCC(=O)N1. The Labute approximate surface area is 223 Å². The first-order valence-electron chi connectivity index (χ1n) is 12.1. The molecular formula is C26H26ClN5O6. The molecule has 2 aromatic carbocycles. The third-order valence-corrected chi connectivity index (χ3v) is 7.06. The monoisotopic (exact) mass is 539 g/mol. The molecule has 5 rings (SSSR count). The van der Waals surface area contributed by atoms with E-state index < -0.39 is 23.6 Å². The van der Waals surface area contributed by atoms with Gasteiger partial charge in [0.1, 0.15) is 17.8 Å². The fraction of sp³-hybridized carbons (Fsp3) is 0.346. The second-order valence-electron chi connectivity index (χ2n) is 9.61. The van der Waals surface area contributed by atoms with Gasteiger partial charge in [0.25, 0.3) is 5.91 Å². The number of carbonyl (C=O) groups is 4. The Kier molecular flexibility index (Phi) is 6.94. The molecule has 4 amide bonds. The number of nitrogens with one attached hydrogen (secondary N) is 2. The summed E-state index contributed by atoms with van der Waals surface area (Å²) in [5.74, 6) is -0.999. The number of hydrogen-bond acceptors (Lipinski definition) is 7. The van der Waals surface area contributed by atoms with Crippen molar-refractivity contribution in [1.82, 2.24) is 10.2 Å². The Morgan fingerprint density at radius 3 is 2.74 bits per heavy atom. The van der Waals surface area contributed by atoms with Crippen molar-refractivity contribution in [2.75, 3.05) is 18.5 Å². The lowest BCUT2D eigenvalue weighted by atomic mass is 9.91. The Bertz CT molecular complexity index is 1320. The Morgan fingerprint density at radius 1 is 1.24 bits per heavy atom. The fourth-order valence-corrected chi connectivity index (χ4v) is 5.08. The molecule has 38 heavy (non-hydrogen) atoms. The van der Waals surface area contributed by atoms with E-state index in [1.54, 1.807) is 42.5 Å². The van der Waals surface area contributed by atoms with E-state index in [4.69, 9.17) is 26.9 Å². The van der Waals surface area contributed by atoms with Crippen LogP contribution in [0.15, 0.2) is 53.7 Å². The van der Waals surface area contributed by atoms with Crippen LogP contribution < -0.4 is 21.1 Å². The number of oxime groups is 1. The van der Waals surface area contributed by atoms with Crippen LogP contribution in [0.5, 0.6) is 5.75 Å². The summed E-state index contributed by atoms with van der Waals surface area (Å²) in [6.45, 7) is -0.0594. The topological polar surface area (TPSA) is 152 Å². The number of nitrogens with two attached hydrogens (primary N) is 1. The van der Waals surface area contributed by atoms with Crippen LogP contribution in [-0.2, 0) is 24.0 Å². The van der Waals surface area contributed by atoms with E-state index in [1.807, 2.05) is 6.07 Å². The number of benzene rings is 2. The van der Waals surface area contributed by atoms with Crippen molar-refractivity contribution in [3.63, 3.8) is 0 Å². The third-order valence-electron chi connectivity index (χ3n) is 6.81. The average molecular weight is 540 g/mol. The Hall–Kier alpha value is -4.12. The molecule has 2 fully saturated rings. The molecule has 198 valence electrons. The highest BCUT2D eigenvalue weighted by molar-refractivity contribution is 6.30. The van der Waals surface area contributed by atoms with E-state index in [0.717, 1.165) is 5.56 Å². The van der Waals surface area contributed by atoms with Crippen LogP contribution in [0.3, 0.4) is 0 Å². The maximum Gasteiger partial charge on any atom is 0.262 e. The van der Waals surface area contributed by atoms with E-state index in [2.05, 4.69) is 15.8 Å². The summed E-state index contributed by atoms with van der Waals surface area (Å²) in [4.78, 5) is 56.4.